The largest absolute Gasteiger partial charge is 0.314 e. The number of rotatable bonds is 4. The lowest BCUT2D eigenvalue weighted by Gasteiger charge is -2.32. The van der Waals surface area contributed by atoms with Crippen LogP contribution in [0.1, 0.15) is 38.3 Å². The van der Waals surface area contributed by atoms with Crippen LogP contribution in [0.25, 0.3) is 10.9 Å². The zero-order valence-electron chi connectivity index (χ0n) is 12.3. The molecule has 20 heavy (non-hydrogen) atoms. The summed E-state index contributed by atoms with van der Waals surface area (Å²) in [6.45, 7) is 3.28. The van der Waals surface area contributed by atoms with E-state index in [-0.39, 0.29) is 0 Å². The van der Waals surface area contributed by atoms with Crippen molar-refractivity contribution in [3.63, 3.8) is 0 Å². The van der Waals surface area contributed by atoms with Crippen LogP contribution in [0.2, 0.25) is 0 Å². The van der Waals surface area contributed by atoms with E-state index >= 15 is 0 Å². The van der Waals surface area contributed by atoms with Crippen LogP contribution in [-0.2, 0) is 6.42 Å². The topological polar surface area (TPSA) is 24.9 Å². The molecule has 106 valence electrons. The predicted octanol–water partition coefficient (Wildman–Crippen LogP) is 3.95. The van der Waals surface area contributed by atoms with Crippen molar-refractivity contribution in [1.82, 2.24) is 10.3 Å². The molecule has 0 radical (unpaired) electrons. The molecule has 0 spiro atoms. The molecular formula is C18H24N2. The van der Waals surface area contributed by atoms with Crippen LogP contribution >= 0.6 is 0 Å². The molecule has 1 saturated carbocycles. The maximum atomic E-state index is 4.84. The third-order valence-corrected chi connectivity index (χ3v) is 4.50. The van der Waals surface area contributed by atoms with Gasteiger partial charge in [0.1, 0.15) is 0 Å². The van der Waals surface area contributed by atoms with E-state index in [2.05, 4.69) is 48.6 Å². The fourth-order valence-corrected chi connectivity index (χ4v) is 3.47. The Morgan fingerprint density at radius 3 is 2.85 bits per heavy atom. The average molecular weight is 268 g/mol. The molecule has 3 rings (SSSR count). The van der Waals surface area contributed by atoms with Gasteiger partial charge < -0.3 is 5.32 Å². The first-order valence-electron chi connectivity index (χ1n) is 7.95. The molecule has 2 heteroatoms. The predicted molar refractivity (Wildman–Crippen MR) is 84.9 cm³/mol. The van der Waals surface area contributed by atoms with Gasteiger partial charge in [0.15, 0.2) is 0 Å². The zero-order chi connectivity index (χ0) is 13.8. The number of para-hydroxylation sites is 1. The van der Waals surface area contributed by atoms with Crippen molar-refractivity contribution in [1.29, 1.82) is 0 Å². The smallest absolute Gasteiger partial charge is 0.0705 e. The summed E-state index contributed by atoms with van der Waals surface area (Å²) in [6, 6.07) is 13.5. The lowest BCUT2D eigenvalue weighted by Crippen LogP contribution is -2.39. The summed E-state index contributed by atoms with van der Waals surface area (Å²) < 4.78 is 0. The van der Waals surface area contributed by atoms with Gasteiger partial charge in [0, 0.05) is 17.1 Å². The number of benzene rings is 1. The average Bonchev–Trinajstić information content (AvgIpc) is 2.49. The molecule has 2 atom stereocenters. The molecule has 0 aliphatic heterocycles. The van der Waals surface area contributed by atoms with Crippen LogP contribution in [0.4, 0.5) is 0 Å². The highest BCUT2D eigenvalue weighted by molar-refractivity contribution is 5.78. The Morgan fingerprint density at radius 1 is 1.10 bits per heavy atom. The lowest BCUT2D eigenvalue weighted by molar-refractivity contribution is 0.263. The Bertz CT molecular complexity index is 562. The Labute approximate surface area is 121 Å². The standard InChI is InChI=1S/C18H24N2/c1-2-19-17-9-5-4-8-15(17)13-16-12-11-14-7-3-6-10-18(14)20-16/h3,6-7,10-12,15,17,19H,2,4-5,8-9,13H2,1H3. The van der Waals surface area contributed by atoms with Crippen LogP contribution in [0.15, 0.2) is 36.4 Å². The van der Waals surface area contributed by atoms with E-state index in [4.69, 9.17) is 4.98 Å². The fraction of sp³-hybridized carbons (Fsp3) is 0.500. The number of aromatic nitrogens is 1. The summed E-state index contributed by atoms with van der Waals surface area (Å²) in [5.41, 5.74) is 2.37. The van der Waals surface area contributed by atoms with Crippen molar-refractivity contribution in [2.75, 3.05) is 6.54 Å². The molecule has 1 fully saturated rings. The second-order valence-electron chi connectivity index (χ2n) is 5.91. The van der Waals surface area contributed by atoms with Crippen LogP contribution in [0.3, 0.4) is 0 Å². The molecule has 1 aliphatic carbocycles. The van der Waals surface area contributed by atoms with E-state index in [0.717, 1.165) is 24.4 Å². The minimum Gasteiger partial charge on any atom is -0.314 e. The van der Waals surface area contributed by atoms with Gasteiger partial charge in [0.25, 0.3) is 0 Å². The van der Waals surface area contributed by atoms with Gasteiger partial charge in [-0.3, -0.25) is 4.98 Å². The van der Waals surface area contributed by atoms with E-state index in [1.807, 2.05) is 0 Å². The minimum absolute atomic E-state index is 0.682. The fourth-order valence-electron chi connectivity index (χ4n) is 3.47. The normalized spacial score (nSPS) is 23.1. The Kier molecular flexibility index (Phi) is 4.31. The van der Waals surface area contributed by atoms with Crippen molar-refractivity contribution < 1.29 is 0 Å². The van der Waals surface area contributed by atoms with Gasteiger partial charge in [-0.1, -0.05) is 44.0 Å². The SMILES string of the molecule is CCNC1CCCCC1Cc1ccc2ccccc2n1. The summed E-state index contributed by atoms with van der Waals surface area (Å²) in [7, 11) is 0. The van der Waals surface area contributed by atoms with Gasteiger partial charge >= 0.3 is 0 Å². The third-order valence-electron chi connectivity index (χ3n) is 4.50. The Morgan fingerprint density at radius 2 is 1.95 bits per heavy atom. The molecule has 2 unspecified atom stereocenters. The van der Waals surface area contributed by atoms with Crippen LogP contribution < -0.4 is 5.32 Å². The molecule has 0 saturated heterocycles. The molecule has 0 bridgehead atoms. The summed E-state index contributed by atoms with van der Waals surface area (Å²) in [5, 5.41) is 4.90. The highest BCUT2D eigenvalue weighted by atomic mass is 14.9. The Hall–Kier alpha value is -1.41. The summed E-state index contributed by atoms with van der Waals surface area (Å²) in [5.74, 6) is 0.748. The highest BCUT2D eigenvalue weighted by Crippen LogP contribution is 2.27. The van der Waals surface area contributed by atoms with Crippen molar-refractivity contribution in [3.8, 4) is 0 Å². The van der Waals surface area contributed by atoms with Gasteiger partial charge in [-0.25, -0.2) is 0 Å². The van der Waals surface area contributed by atoms with E-state index in [0.29, 0.717) is 6.04 Å². The maximum Gasteiger partial charge on any atom is 0.0705 e. The first-order chi connectivity index (χ1) is 9.86. The minimum atomic E-state index is 0.682. The van der Waals surface area contributed by atoms with Gasteiger partial charge in [0.05, 0.1) is 5.52 Å². The van der Waals surface area contributed by atoms with Crippen molar-refractivity contribution in [3.05, 3.63) is 42.1 Å². The second kappa shape index (κ2) is 6.36. The number of nitrogens with one attached hydrogen (secondary N) is 1. The maximum absolute atomic E-state index is 4.84. The number of fused-ring (bicyclic) bond motifs is 1. The van der Waals surface area contributed by atoms with Crippen molar-refractivity contribution >= 4 is 10.9 Å². The quantitative estimate of drug-likeness (QED) is 0.908. The molecule has 0 amide bonds. The van der Waals surface area contributed by atoms with E-state index in [9.17, 15) is 0 Å². The molecule has 2 nitrogen and oxygen atoms in total. The zero-order valence-corrected chi connectivity index (χ0v) is 12.3. The number of nitrogens with zero attached hydrogens (tertiary/aromatic N) is 1. The highest BCUT2D eigenvalue weighted by Gasteiger charge is 2.24. The van der Waals surface area contributed by atoms with Crippen molar-refractivity contribution in [2.45, 2.75) is 45.1 Å². The van der Waals surface area contributed by atoms with Gasteiger partial charge in [-0.05, 0) is 43.9 Å². The van der Waals surface area contributed by atoms with Crippen LogP contribution in [0, 0.1) is 5.92 Å². The first kappa shape index (κ1) is 13.6. The van der Waals surface area contributed by atoms with Gasteiger partial charge in [-0.15, -0.1) is 0 Å². The number of hydrogen-bond acceptors (Lipinski definition) is 2. The monoisotopic (exact) mass is 268 g/mol. The molecular weight excluding hydrogens is 244 g/mol. The van der Waals surface area contributed by atoms with Crippen molar-refractivity contribution in [2.24, 2.45) is 5.92 Å². The molecule has 2 aromatic rings. The second-order valence-corrected chi connectivity index (χ2v) is 5.91. The van der Waals surface area contributed by atoms with Gasteiger partial charge in [-0.2, -0.15) is 0 Å². The molecule has 1 aromatic carbocycles. The molecule has 1 heterocycles. The first-order valence-corrected chi connectivity index (χ1v) is 7.95. The third kappa shape index (κ3) is 3.01. The number of pyridine rings is 1. The van der Waals surface area contributed by atoms with E-state index in [1.165, 1.54) is 36.8 Å². The summed E-state index contributed by atoms with van der Waals surface area (Å²) in [4.78, 5) is 4.84. The summed E-state index contributed by atoms with van der Waals surface area (Å²) >= 11 is 0. The molecule has 1 aromatic heterocycles. The van der Waals surface area contributed by atoms with E-state index in [1.54, 1.807) is 0 Å². The van der Waals surface area contributed by atoms with Gasteiger partial charge in [0.2, 0.25) is 0 Å². The van der Waals surface area contributed by atoms with Crippen LogP contribution in [-0.4, -0.2) is 17.6 Å². The molecule has 1 aliphatic rings. The van der Waals surface area contributed by atoms with E-state index < -0.39 is 0 Å². The van der Waals surface area contributed by atoms with Crippen LogP contribution in [0.5, 0.6) is 0 Å². The Balaban J connectivity index is 1.77. The lowest BCUT2D eigenvalue weighted by atomic mass is 9.81. The number of hydrogen-bond donors (Lipinski definition) is 1. The summed E-state index contributed by atoms with van der Waals surface area (Å²) in [6.07, 6.45) is 6.53. The molecule has 1 N–H and O–H groups in total.